The lowest BCUT2D eigenvalue weighted by Gasteiger charge is -2.36. The molecule has 4 rings (SSSR count). The summed E-state index contributed by atoms with van der Waals surface area (Å²) in [5.74, 6) is -0.186. The number of halogens is 1. The number of benzene rings is 3. The van der Waals surface area contributed by atoms with Gasteiger partial charge in [-0.2, -0.15) is 0 Å². The van der Waals surface area contributed by atoms with Gasteiger partial charge in [-0.1, -0.05) is 41.9 Å². The van der Waals surface area contributed by atoms with Crippen LogP contribution >= 0.6 is 23.8 Å². The minimum Gasteiger partial charge on any atom is -0.367 e. The number of rotatable bonds is 3. The molecule has 0 bridgehead atoms. The van der Waals surface area contributed by atoms with Gasteiger partial charge in [-0.25, -0.2) is 0 Å². The maximum absolute atomic E-state index is 12.6. The van der Waals surface area contributed by atoms with E-state index in [4.69, 9.17) is 23.8 Å². The topological polar surface area (TPSA) is 64.7 Å². The summed E-state index contributed by atoms with van der Waals surface area (Å²) in [6, 6.07) is 19.0. The minimum atomic E-state index is -0.278. The number of amides is 2. The Morgan fingerprint density at radius 1 is 0.938 bits per heavy atom. The summed E-state index contributed by atoms with van der Waals surface area (Å²) in [4.78, 5) is 28.1. The number of fused-ring (bicyclic) bond motifs is 1. The van der Waals surface area contributed by atoms with E-state index in [9.17, 15) is 9.59 Å². The van der Waals surface area contributed by atoms with Crippen molar-refractivity contribution in [1.82, 2.24) is 10.2 Å². The zero-order valence-electron chi connectivity index (χ0n) is 17.6. The van der Waals surface area contributed by atoms with Gasteiger partial charge >= 0.3 is 0 Å². The highest BCUT2D eigenvalue weighted by atomic mass is 35.5. The molecule has 0 aromatic heterocycles. The number of carbonyl (C=O) groups excluding carboxylic acids is 2. The monoisotopic (exact) mass is 466 g/mol. The highest BCUT2D eigenvalue weighted by molar-refractivity contribution is 7.80. The van der Waals surface area contributed by atoms with Crippen molar-refractivity contribution in [2.75, 3.05) is 36.4 Å². The van der Waals surface area contributed by atoms with Gasteiger partial charge in [0.25, 0.3) is 5.91 Å². The normalized spacial score (nSPS) is 13.7. The van der Waals surface area contributed by atoms with Crippen LogP contribution in [0.4, 0.5) is 11.4 Å². The summed E-state index contributed by atoms with van der Waals surface area (Å²) in [7, 11) is 0. The Hall–Kier alpha value is -3.16. The average Bonchev–Trinajstić information content (AvgIpc) is 2.79. The van der Waals surface area contributed by atoms with E-state index in [1.807, 2.05) is 53.4 Å². The predicted octanol–water partition coefficient (Wildman–Crippen LogP) is 4.29. The van der Waals surface area contributed by atoms with Crippen molar-refractivity contribution in [3.05, 3.63) is 71.2 Å². The molecule has 8 heteroatoms. The van der Waals surface area contributed by atoms with Gasteiger partial charge in [-0.3, -0.25) is 14.9 Å². The number of nitrogens with one attached hydrogen (secondary N) is 2. The molecular formula is C24H23ClN4O2S. The fraction of sp³-hybridized carbons (Fsp3) is 0.208. The lowest BCUT2D eigenvalue weighted by Crippen LogP contribution is -2.48. The van der Waals surface area contributed by atoms with Crippen molar-refractivity contribution in [2.24, 2.45) is 0 Å². The standard InChI is InChI=1S/C24H23ClN4O2S/c1-16(30)28-10-12-29(13-11-28)22-9-8-20(15-21(22)25)26-24(32)27-23(31)19-7-6-17-4-2-3-5-18(17)14-19/h2-9,14-15H,10-13H2,1H3,(H2,26,27,31,32). The summed E-state index contributed by atoms with van der Waals surface area (Å²) in [6.45, 7) is 4.40. The number of thiocarbonyl (C=S) groups is 1. The fourth-order valence-electron chi connectivity index (χ4n) is 3.77. The van der Waals surface area contributed by atoms with E-state index in [0.29, 0.717) is 29.4 Å². The van der Waals surface area contributed by atoms with E-state index < -0.39 is 0 Å². The molecule has 2 N–H and O–H groups in total. The number of hydrogen-bond acceptors (Lipinski definition) is 4. The predicted molar refractivity (Wildman–Crippen MR) is 134 cm³/mol. The van der Waals surface area contributed by atoms with Crippen molar-refractivity contribution in [3.63, 3.8) is 0 Å². The number of piperazine rings is 1. The molecule has 3 aromatic carbocycles. The maximum atomic E-state index is 12.6. The smallest absolute Gasteiger partial charge is 0.257 e. The number of anilines is 2. The lowest BCUT2D eigenvalue weighted by molar-refractivity contribution is -0.129. The molecule has 3 aromatic rings. The summed E-state index contributed by atoms with van der Waals surface area (Å²) in [6.07, 6.45) is 0. The van der Waals surface area contributed by atoms with E-state index in [1.165, 1.54) is 0 Å². The third kappa shape index (κ3) is 5.00. The molecule has 1 aliphatic rings. The zero-order valence-corrected chi connectivity index (χ0v) is 19.2. The van der Waals surface area contributed by atoms with E-state index in [0.717, 1.165) is 29.5 Å². The Balaban J connectivity index is 1.37. The van der Waals surface area contributed by atoms with Crippen LogP contribution in [0.3, 0.4) is 0 Å². The van der Waals surface area contributed by atoms with E-state index in [1.54, 1.807) is 19.1 Å². The second-order valence-corrected chi connectivity index (χ2v) is 8.44. The molecule has 1 fully saturated rings. The first-order chi connectivity index (χ1) is 15.4. The van der Waals surface area contributed by atoms with Crippen LogP contribution in [0.5, 0.6) is 0 Å². The van der Waals surface area contributed by atoms with Crippen LogP contribution in [0.2, 0.25) is 5.02 Å². The molecular weight excluding hydrogens is 444 g/mol. The molecule has 6 nitrogen and oxygen atoms in total. The van der Waals surface area contributed by atoms with E-state index >= 15 is 0 Å². The Morgan fingerprint density at radius 2 is 1.66 bits per heavy atom. The Labute approximate surface area is 197 Å². The SMILES string of the molecule is CC(=O)N1CCN(c2ccc(NC(=S)NC(=O)c3ccc4ccccc4c3)cc2Cl)CC1. The molecule has 0 spiro atoms. The summed E-state index contributed by atoms with van der Waals surface area (Å²) in [5, 5.41) is 8.57. The van der Waals surface area contributed by atoms with Crippen LogP contribution in [0.1, 0.15) is 17.3 Å². The summed E-state index contributed by atoms with van der Waals surface area (Å²) >= 11 is 11.8. The van der Waals surface area contributed by atoms with Crippen molar-refractivity contribution in [3.8, 4) is 0 Å². The molecule has 164 valence electrons. The van der Waals surface area contributed by atoms with Crippen molar-refractivity contribution >= 4 is 62.9 Å². The molecule has 0 saturated carbocycles. The van der Waals surface area contributed by atoms with Crippen molar-refractivity contribution in [2.45, 2.75) is 6.92 Å². The highest BCUT2D eigenvalue weighted by Gasteiger charge is 2.20. The second kappa shape index (κ2) is 9.54. The first-order valence-corrected chi connectivity index (χ1v) is 11.1. The zero-order chi connectivity index (χ0) is 22.7. The van der Waals surface area contributed by atoms with Crippen LogP contribution < -0.4 is 15.5 Å². The van der Waals surface area contributed by atoms with Crippen LogP contribution in [0, 0.1) is 0 Å². The number of carbonyl (C=O) groups is 2. The Morgan fingerprint density at radius 3 is 2.34 bits per heavy atom. The van der Waals surface area contributed by atoms with E-state index in [2.05, 4.69) is 15.5 Å². The van der Waals surface area contributed by atoms with Crippen LogP contribution in [0.25, 0.3) is 10.8 Å². The van der Waals surface area contributed by atoms with Crippen LogP contribution in [-0.4, -0.2) is 48.0 Å². The van der Waals surface area contributed by atoms with Crippen LogP contribution in [0.15, 0.2) is 60.7 Å². The Kier molecular flexibility index (Phi) is 6.58. The molecule has 0 aliphatic carbocycles. The average molecular weight is 467 g/mol. The molecule has 1 aliphatic heterocycles. The van der Waals surface area contributed by atoms with Crippen molar-refractivity contribution < 1.29 is 9.59 Å². The Bertz CT molecular complexity index is 1190. The highest BCUT2D eigenvalue weighted by Crippen LogP contribution is 2.29. The van der Waals surface area contributed by atoms with Gasteiger partial charge in [-0.05, 0) is 53.3 Å². The quantitative estimate of drug-likeness (QED) is 0.564. The first-order valence-electron chi connectivity index (χ1n) is 10.3. The fourth-order valence-corrected chi connectivity index (χ4v) is 4.28. The van der Waals surface area contributed by atoms with Crippen molar-refractivity contribution in [1.29, 1.82) is 0 Å². The first kappa shape index (κ1) is 22.0. The molecule has 2 amide bonds. The van der Waals surface area contributed by atoms with Gasteiger partial charge in [-0.15, -0.1) is 0 Å². The molecule has 0 atom stereocenters. The van der Waals surface area contributed by atoms with Crippen LogP contribution in [-0.2, 0) is 4.79 Å². The van der Waals surface area contributed by atoms with Gasteiger partial charge in [0, 0.05) is 44.4 Å². The molecule has 1 saturated heterocycles. The maximum Gasteiger partial charge on any atom is 0.257 e. The second-order valence-electron chi connectivity index (χ2n) is 7.63. The van der Waals surface area contributed by atoms with E-state index in [-0.39, 0.29) is 16.9 Å². The van der Waals surface area contributed by atoms with Gasteiger partial charge in [0.15, 0.2) is 5.11 Å². The lowest BCUT2D eigenvalue weighted by atomic mass is 10.1. The number of hydrogen-bond donors (Lipinski definition) is 2. The largest absolute Gasteiger partial charge is 0.367 e. The third-order valence-corrected chi connectivity index (χ3v) is 6.02. The third-order valence-electron chi connectivity index (χ3n) is 5.51. The van der Waals surface area contributed by atoms with Gasteiger partial charge < -0.3 is 15.1 Å². The molecule has 1 heterocycles. The number of nitrogens with zero attached hydrogens (tertiary/aromatic N) is 2. The molecule has 32 heavy (non-hydrogen) atoms. The summed E-state index contributed by atoms with van der Waals surface area (Å²) in [5.41, 5.74) is 2.13. The molecule has 0 unspecified atom stereocenters. The van der Waals surface area contributed by atoms with Gasteiger partial charge in [0.1, 0.15) is 0 Å². The minimum absolute atomic E-state index is 0.0922. The van der Waals surface area contributed by atoms with Gasteiger partial charge in [0.2, 0.25) is 5.91 Å². The summed E-state index contributed by atoms with van der Waals surface area (Å²) < 4.78 is 0. The molecule has 0 radical (unpaired) electrons. The van der Waals surface area contributed by atoms with Gasteiger partial charge in [0.05, 0.1) is 10.7 Å².